The SMILES string of the molecule is O=C(NCC1CNCC1O)C1CCCN1Cc1ccc(F)cc1. The minimum Gasteiger partial charge on any atom is -0.391 e. The Labute approximate surface area is 135 Å². The number of aliphatic hydroxyl groups excluding tert-OH is 1. The van der Waals surface area contributed by atoms with Crippen LogP contribution in [-0.4, -0.2) is 54.2 Å². The van der Waals surface area contributed by atoms with E-state index in [9.17, 15) is 14.3 Å². The molecular formula is C17H24FN3O2. The van der Waals surface area contributed by atoms with E-state index >= 15 is 0 Å². The van der Waals surface area contributed by atoms with Crippen LogP contribution in [0.5, 0.6) is 0 Å². The second kappa shape index (κ2) is 7.38. The van der Waals surface area contributed by atoms with Gasteiger partial charge in [-0.3, -0.25) is 9.69 Å². The third kappa shape index (κ3) is 4.07. The Bertz CT molecular complexity index is 537. The summed E-state index contributed by atoms with van der Waals surface area (Å²) < 4.78 is 13.0. The molecule has 1 aromatic carbocycles. The van der Waals surface area contributed by atoms with Crippen molar-refractivity contribution in [2.75, 3.05) is 26.2 Å². The third-order valence-electron chi connectivity index (χ3n) is 4.81. The van der Waals surface area contributed by atoms with Crippen LogP contribution < -0.4 is 10.6 Å². The Morgan fingerprint density at radius 2 is 2.13 bits per heavy atom. The van der Waals surface area contributed by atoms with Crippen LogP contribution in [0.4, 0.5) is 4.39 Å². The maximum atomic E-state index is 13.0. The number of hydrogen-bond acceptors (Lipinski definition) is 4. The van der Waals surface area contributed by atoms with Gasteiger partial charge in [0.1, 0.15) is 5.82 Å². The van der Waals surface area contributed by atoms with E-state index in [-0.39, 0.29) is 29.8 Å². The summed E-state index contributed by atoms with van der Waals surface area (Å²) in [6.45, 7) is 3.38. The lowest BCUT2D eigenvalue weighted by Crippen LogP contribution is -2.45. The molecule has 2 aliphatic rings. The molecule has 126 valence electrons. The van der Waals surface area contributed by atoms with E-state index in [1.165, 1.54) is 12.1 Å². The lowest BCUT2D eigenvalue weighted by atomic mass is 10.1. The third-order valence-corrected chi connectivity index (χ3v) is 4.81. The van der Waals surface area contributed by atoms with Crippen molar-refractivity contribution in [1.82, 2.24) is 15.5 Å². The first kappa shape index (κ1) is 16.4. The summed E-state index contributed by atoms with van der Waals surface area (Å²) in [5, 5.41) is 15.9. The van der Waals surface area contributed by atoms with Crippen LogP contribution in [0.3, 0.4) is 0 Å². The number of nitrogens with one attached hydrogen (secondary N) is 2. The second-order valence-electron chi connectivity index (χ2n) is 6.49. The zero-order valence-electron chi connectivity index (χ0n) is 13.2. The molecule has 0 radical (unpaired) electrons. The minimum atomic E-state index is -0.380. The van der Waals surface area contributed by atoms with Gasteiger partial charge in [-0.2, -0.15) is 0 Å². The number of rotatable bonds is 5. The van der Waals surface area contributed by atoms with Crippen molar-refractivity contribution >= 4 is 5.91 Å². The largest absolute Gasteiger partial charge is 0.391 e. The van der Waals surface area contributed by atoms with Gasteiger partial charge >= 0.3 is 0 Å². The quantitative estimate of drug-likeness (QED) is 0.738. The molecule has 0 bridgehead atoms. The first-order chi connectivity index (χ1) is 11.1. The van der Waals surface area contributed by atoms with Gasteiger partial charge in [0.25, 0.3) is 0 Å². The van der Waals surface area contributed by atoms with E-state index < -0.39 is 0 Å². The van der Waals surface area contributed by atoms with Crippen LogP contribution in [0.2, 0.25) is 0 Å². The van der Waals surface area contributed by atoms with E-state index in [0.717, 1.165) is 31.5 Å². The molecule has 1 aromatic rings. The normalized spacial score (nSPS) is 28.2. The van der Waals surface area contributed by atoms with Crippen LogP contribution in [0.25, 0.3) is 0 Å². The molecule has 0 saturated carbocycles. The molecule has 3 unspecified atom stereocenters. The molecule has 0 spiro atoms. The molecular weight excluding hydrogens is 297 g/mol. The van der Waals surface area contributed by atoms with Crippen molar-refractivity contribution in [2.45, 2.75) is 31.5 Å². The fourth-order valence-electron chi connectivity index (χ4n) is 3.41. The number of amides is 1. The molecule has 2 saturated heterocycles. The number of carbonyl (C=O) groups excluding carboxylic acids is 1. The molecule has 0 aliphatic carbocycles. The Kier molecular flexibility index (Phi) is 5.25. The maximum Gasteiger partial charge on any atom is 0.237 e. The van der Waals surface area contributed by atoms with Gasteiger partial charge in [-0.15, -0.1) is 0 Å². The monoisotopic (exact) mass is 321 g/mol. The van der Waals surface area contributed by atoms with Crippen molar-refractivity contribution in [1.29, 1.82) is 0 Å². The smallest absolute Gasteiger partial charge is 0.237 e. The Morgan fingerprint density at radius 3 is 2.83 bits per heavy atom. The van der Waals surface area contributed by atoms with E-state index in [4.69, 9.17) is 0 Å². The average Bonchev–Trinajstić information content (AvgIpc) is 3.16. The number of likely N-dealkylation sites (tertiary alicyclic amines) is 1. The lowest BCUT2D eigenvalue weighted by Gasteiger charge is -2.24. The van der Waals surface area contributed by atoms with E-state index in [0.29, 0.717) is 19.6 Å². The molecule has 2 heterocycles. The number of aliphatic hydroxyl groups is 1. The fourth-order valence-corrected chi connectivity index (χ4v) is 3.41. The molecule has 6 heteroatoms. The molecule has 2 aliphatic heterocycles. The van der Waals surface area contributed by atoms with Crippen LogP contribution in [0.1, 0.15) is 18.4 Å². The molecule has 1 amide bonds. The Balaban J connectivity index is 1.53. The van der Waals surface area contributed by atoms with Gasteiger partial charge in [0.2, 0.25) is 5.91 Å². The lowest BCUT2D eigenvalue weighted by molar-refractivity contribution is -0.125. The van der Waals surface area contributed by atoms with Gasteiger partial charge in [-0.05, 0) is 37.1 Å². The van der Waals surface area contributed by atoms with Crippen molar-refractivity contribution in [3.63, 3.8) is 0 Å². The molecule has 0 aromatic heterocycles. The molecule has 5 nitrogen and oxygen atoms in total. The topological polar surface area (TPSA) is 64.6 Å². The number of β-amino-alcohol motifs (C(OH)–C–C–N with tert-alkyl or cyclic N) is 1. The zero-order valence-corrected chi connectivity index (χ0v) is 13.2. The number of benzene rings is 1. The highest BCUT2D eigenvalue weighted by Crippen LogP contribution is 2.20. The highest BCUT2D eigenvalue weighted by Gasteiger charge is 2.32. The summed E-state index contributed by atoms with van der Waals surface area (Å²) >= 11 is 0. The van der Waals surface area contributed by atoms with Gasteiger partial charge in [0.05, 0.1) is 12.1 Å². The Hall–Kier alpha value is -1.50. The summed E-state index contributed by atoms with van der Waals surface area (Å²) in [7, 11) is 0. The van der Waals surface area contributed by atoms with Gasteiger partial charge in [-0.25, -0.2) is 4.39 Å². The van der Waals surface area contributed by atoms with Crippen molar-refractivity contribution in [2.24, 2.45) is 5.92 Å². The van der Waals surface area contributed by atoms with E-state index in [2.05, 4.69) is 15.5 Å². The van der Waals surface area contributed by atoms with Crippen LogP contribution in [0.15, 0.2) is 24.3 Å². The van der Waals surface area contributed by atoms with E-state index in [1.54, 1.807) is 12.1 Å². The minimum absolute atomic E-state index is 0.0312. The predicted octanol–water partition coefficient (Wildman–Crippen LogP) is 0.487. The summed E-state index contributed by atoms with van der Waals surface area (Å²) in [6, 6.07) is 6.31. The Morgan fingerprint density at radius 1 is 1.35 bits per heavy atom. The van der Waals surface area contributed by atoms with E-state index in [1.807, 2.05) is 0 Å². The van der Waals surface area contributed by atoms with Gasteiger partial charge in [0.15, 0.2) is 0 Å². The standard InChI is InChI=1S/C17H24FN3O2/c18-14-5-3-12(4-6-14)11-21-7-1-2-15(21)17(23)20-9-13-8-19-10-16(13)22/h3-6,13,15-16,19,22H,1-2,7-11H2,(H,20,23). The second-order valence-corrected chi connectivity index (χ2v) is 6.49. The van der Waals surface area contributed by atoms with Crippen LogP contribution >= 0.6 is 0 Å². The maximum absolute atomic E-state index is 13.0. The summed E-state index contributed by atoms with van der Waals surface area (Å²) in [5.74, 6) is -0.122. The van der Waals surface area contributed by atoms with Crippen LogP contribution in [0, 0.1) is 11.7 Å². The molecule has 2 fully saturated rings. The summed E-state index contributed by atoms with van der Waals surface area (Å²) in [6.07, 6.45) is 1.46. The van der Waals surface area contributed by atoms with Gasteiger partial charge in [-0.1, -0.05) is 12.1 Å². The fraction of sp³-hybridized carbons (Fsp3) is 0.588. The first-order valence-electron chi connectivity index (χ1n) is 8.28. The predicted molar refractivity (Wildman–Crippen MR) is 85.2 cm³/mol. The van der Waals surface area contributed by atoms with Crippen LogP contribution in [-0.2, 0) is 11.3 Å². The first-order valence-corrected chi connectivity index (χ1v) is 8.28. The summed E-state index contributed by atoms with van der Waals surface area (Å²) in [4.78, 5) is 14.6. The number of halogens is 1. The zero-order chi connectivity index (χ0) is 16.2. The molecule has 23 heavy (non-hydrogen) atoms. The highest BCUT2D eigenvalue weighted by molar-refractivity contribution is 5.82. The number of carbonyl (C=O) groups is 1. The molecule has 3 N–H and O–H groups in total. The van der Waals surface area contributed by atoms with Gasteiger partial charge < -0.3 is 15.7 Å². The number of hydrogen-bond donors (Lipinski definition) is 3. The average molecular weight is 321 g/mol. The van der Waals surface area contributed by atoms with Crippen molar-refractivity contribution in [3.05, 3.63) is 35.6 Å². The number of nitrogens with zero attached hydrogens (tertiary/aromatic N) is 1. The highest BCUT2D eigenvalue weighted by atomic mass is 19.1. The van der Waals surface area contributed by atoms with Gasteiger partial charge in [0, 0.05) is 32.1 Å². The summed E-state index contributed by atoms with van der Waals surface area (Å²) in [5.41, 5.74) is 1.02. The van der Waals surface area contributed by atoms with Crippen molar-refractivity contribution in [3.8, 4) is 0 Å². The molecule has 3 atom stereocenters. The van der Waals surface area contributed by atoms with Crippen molar-refractivity contribution < 1.29 is 14.3 Å². The molecule has 3 rings (SSSR count).